The number of rotatable bonds is 7. The smallest absolute Gasteiger partial charge is 0.249 e. The summed E-state index contributed by atoms with van der Waals surface area (Å²) < 4.78 is 0. The third-order valence-electron chi connectivity index (χ3n) is 4.18. The predicted octanol–water partition coefficient (Wildman–Crippen LogP) is 3.74. The molecule has 0 saturated heterocycles. The van der Waals surface area contributed by atoms with Crippen molar-refractivity contribution in [3.63, 3.8) is 0 Å². The molecular formula is C23H22N4O2. The molecule has 0 aliphatic carbocycles. The summed E-state index contributed by atoms with van der Waals surface area (Å²) in [4.78, 5) is 24.9. The highest BCUT2D eigenvalue weighted by atomic mass is 16.2. The van der Waals surface area contributed by atoms with Gasteiger partial charge in [-0.05, 0) is 42.0 Å². The number of hydrogen-bond donors (Lipinski definition) is 2. The van der Waals surface area contributed by atoms with Crippen molar-refractivity contribution in [2.75, 3.05) is 11.9 Å². The Kier molecular flexibility index (Phi) is 6.73. The van der Waals surface area contributed by atoms with Crippen molar-refractivity contribution in [2.24, 2.45) is 5.10 Å². The molecule has 146 valence electrons. The maximum atomic E-state index is 11.6. The minimum atomic E-state index is -0.462. The summed E-state index contributed by atoms with van der Waals surface area (Å²) in [7, 11) is 1.48. The van der Waals surface area contributed by atoms with Gasteiger partial charge < -0.3 is 10.2 Å². The van der Waals surface area contributed by atoms with E-state index in [0.717, 1.165) is 22.6 Å². The lowest BCUT2D eigenvalue weighted by Crippen LogP contribution is -2.27. The minimum absolute atomic E-state index is 0.254. The van der Waals surface area contributed by atoms with Crippen LogP contribution in [0.5, 0.6) is 0 Å². The molecule has 3 aromatic rings. The molecule has 3 rings (SSSR count). The molecule has 0 heterocycles. The highest BCUT2D eigenvalue weighted by Crippen LogP contribution is 2.33. The Morgan fingerprint density at radius 1 is 0.793 bits per heavy atom. The molecule has 2 N–H and O–H groups in total. The van der Waals surface area contributed by atoms with Gasteiger partial charge in [0.15, 0.2) is 0 Å². The number of hydrogen-bond acceptors (Lipinski definition) is 4. The van der Waals surface area contributed by atoms with Crippen LogP contribution in [-0.2, 0) is 9.59 Å². The molecule has 0 aromatic heterocycles. The summed E-state index contributed by atoms with van der Waals surface area (Å²) in [6.45, 7) is 0. The SMILES string of the molecule is CNC(=O)CC(=O)N/N=C/c1ccc(N(c2ccccc2)c2ccccc2)cc1. The van der Waals surface area contributed by atoms with Gasteiger partial charge in [0.25, 0.3) is 0 Å². The van der Waals surface area contributed by atoms with Crippen LogP contribution in [0.2, 0.25) is 0 Å². The Labute approximate surface area is 169 Å². The number of nitrogens with zero attached hydrogens (tertiary/aromatic N) is 2. The van der Waals surface area contributed by atoms with Crippen molar-refractivity contribution >= 4 is 35.1 Å². The lowest BCUT2D eigenvalue weighted by Gasteiger charge is -2.25. The van der Waals surface area contributed by atoms with E-state index < -0.39 is 5.91 Å². The van der Waals surface area contributed by atoms with Gasteiger partial charge in [0.2, 0.25) is 11.8 Å². The fraction of sp³-hybridized carbons (Fsp3) is 0.0870. The summed E-state index contributed by atoms with van der Waals surface area (Å²) in [5.41, 5.74) is 6.29. The van der Waals surface area contributed by atoms with Crippen LogP contribution >= 0.6 is 0 Å². The molecule has 0 radical (unpaired) electrons. The molecule has 0 atom stereocenters. The first-order valence-corrected chi connectivity index (χ1v) is 9.20. The molecule has 0 aliphatic rings. The van der Waals surface area contributed by atoms with Gasteiger partial charge in [0.1, 0.15) is 6.42 Å². The fourth-order valence-electron chi connectivity index (χ4n) is 2.76. The zero-order valence-electron chi connectivity index (χ0n) is 16.1. The van der Waals surface area contributed by atoms with E-state index in [9.17, 15) is 9.59 Å². The van der Waals surface area contributed by atoms with Gasteiger partial charge in [-0.2, -0.15) is 5.10 Å². The Morgan fingerprint density at radius 3 is 1.83 bits per heavy atom. The van der Waals surface area contributed by atoms with E-state index in [1.54, 1.807) is 6.21 Å². The van der Waals surface area contributed by atoms with Gasteiger partial charge in [-0.15, -0.1) is 0 Å². The second-order valence-electron chi connectivity index (χ2n) is 6.24. The Hall–Kier alpha value is -3.93. The van der Waals surface area contributed by atoms with Crippen LogP contribution in [0.4, 0.5) is 17.1 Å². The third-order valence-corrected chi connectivity index (χ3v) is 4.18. The van der Waals surface area contributed by atoms with E-state index in [1.807, 2.05) is 60.7 Å². The molecule has 3 aromatic carbocycles. The zero-order valence-corrected chi connectivity index (χ0v) is 16.1. The second-order valence-corrected chi connectivity index (χ2v) is 6.24. The van der Waals surface area contributed by atoms with Gasteiger partial charge >= 0.3 is 0 Å². The first-order chi connectivity index (χ1) is 14.2. The molecule has 29 heavy (non-hydrogen) atoms. The van der Waals surface area contributed by atoms with E-state index in [1.165, 1.54) is 7.05 Å². The maximum Gasteiger partial charge on any atom is 0.249 e. The van der Waals surface area contributed by atoms with Gasteiger partial charge in [0, 0.05) is 24.1 Å². The van der Waals surface area contributed by atoms with Crippen molar-refractivity contribution in [1.29, 1.82) is 0 Å². The van der Waals surface area contributed by atoms with E-state index in [-0.39, 0.29) is 12.3 Å². The Morgan fingerprint density at radius 2 is 1.31 bits per heavy atom. The van der Waals surface area contributed by atoms with Crippen LogP contribution in [0.1, 0.15) is 12.0 Å². The molecule has 0 fully saturated rings. The minimum Gasteiger partial charge on any atom is -0.359 e. The standard InChI is InChI=1S/C23H22N4O2/c1-24-22(28)16-23(29)26-25-17-18-12-14-21(15-13-18)27(19-8-4-2-5-9-19)20-10-6-3-7-11-20/h2-15,17H,16H2,1H3,(H,24,28)(H,26,29)/b25-17+. The molecular weight excluding hydrogens is 364 g/mol. The van der Waals surface area contributed by atoms with E-state index in [2.05, 4.69) is 45.0 Å². The topological polar surface area (TPSA) is 73.8 Å². The summed E-state index contributed by atoms with van der Waals surface area (Å²) in [6, 6.07) is 28.1. The van der Waals surface area contributed by atoms with Gasteiger partial charge in [-0.25, -0.2) is 5.43 Å². The van der Waals surface area contributed by atoms with Crippen LogP contribution < -0.4 is 15.6 Å². The first kappa shape index (κ1) is 19.8. The van der Waals surface area contributed by atoms with Gasteiger partial charge in [-0.3, -0.25) is 9.59 Å². The molecule has 2 amide bonds. The van der Waals surface area contributed by atoms with Gasteiger partial charge in [0.05, 0.1) is 6.21 Å². The average Bonchev–Trinajstić information content (AvgIpc) is 2.76. The van der Waals surface area contributed by atoms with Gasteiger partial charge in [-0.1, -0.05) is 48.5 Å². The number of carbonyl (C=O) groups is 2. The number of amides is 2. The monoisotopic (exact) mass is 386 g/mol. The first-order valence-electron chi connectivity index (χ1n) is 9.20. The lowest BCUT2D eigenvalue weighted by atomic mass is 10.1. The Balaban J connectivity index is 1.75. The van der Waals surface area contributed by atoms with Crippen LogP contribution in [0.3, 0.4) is 0 Å². The van der Waals surface area contributed by atoms with Crippen molar-refractivity contribution in [2.45, 2.75) is 6.42 Å². The second kappa shape index (κ2) is 9.85. The molecule has 0 unspecified atom stereocenters. The number of para-hydroxylation sites is 2. The zero-order chi connectivity index (χ0) is 20.5. The number of benzene rings is 3. The van der Waals surface area contributed by atoms with Crippen LogP contribution in [0.15, 0.2) is 90.0 Å². The quantitative estimate of drug-likeness (QED) is 0.369. The maximum absolute atomic E-state index is 11.6. The highest BCUT2D eigenvalue weighted by Gasteiger charge is 2.11. The van der Waals surface area contributed by atoms with Crippen molar-refractivity contribution in [3.8, 4) is 0 Å². The highest BCUT2D eigenvalue weighted by molar-refractivity contribution is 5.97. The van der Waals surface area contributed by atoms with E-state index >= 15 is 0 Å². The number of anilines is 3. The molecule has 0 aliphatic heterocycles. The predicted molar refractivity (Wildman–Crippen MR) is 116 cm³/mol. The third kappa shape index (κ3) is 5.52. The van der Waals surface area contributed by atoms with Crippen LogP contribution in [-0.4, -0.2) is 25.1 Å². The largest absolute Gasteiger partial charge is 0.359 e. The van der Waals surface area contributed by atoms with Crippen LogP contribution in [0.25, 0.3) is 0 Å². The molecule has 6 heteroatoms. The fourth-order valence-corrected chi connectivity index (χ4v) is 2.76. The number of carbonyl (C=O) groups excluding carboxylic acids is 2. The molecule has 6 nitrogen and oxygen atoms in total. The summed E-state index contributed by atoms with van der Waals surface area (Å²) >= 11 is 0. The molecule has 0 saturated carbocycles. The normalized spacial score (nSPS) is 10.5. The average molecular weight is 386 g/mol. The lowest BCUT2D eigenvalue weighted by molar-refractivity contribution is -0.128. The molecule has 0 spiro atoms. The summed E-state index contributed by atoms with van der Waals surface area (Å²) in [6.07, 6.45) is 1.29. The summed E-state index contributed by atoms with van der Waals surface area (Å²) in [5.74, 6) is -0.819. The Bertz CT molecular complexity index is 931. The van der Waals surface area contributed by atoms with Crippen molar-refractivity contribution in [1.82, 2.24) is 10.7 Å². The molecule has 0 bridgehead atoms. The number of hydrazone groups is 1. The van der Waals surface area contributed by atoms with Crippen LogP contribution in [0, 0.1) is 0 Å². The van der Waals surface area contributed by atoms with Crippen molar-refractivity contribution < 1.29 is 9.59 Å². The van der Waals surface area contributed by atoms with E-state index in [4.69, 9.17) is 0 Å². The summed E-state index contributed by atoms with van der Waals surface area (Å²) in [5, 5.41) is 6.29. The number of nitrogens with one attached hydrogen (secondary N) is 2. The van der Waals surface area contributed by atoms with E-state index in [0.29, 0.717) is 0 Å². The van der Waals surface area contributed by atoms with Crippen molar-refractivity contribution in [3.05, 3.63) is 90.5 Å².